The molecule has 0 amide bonds. The molecule has 2 aromatic carbocycles. The molecule has 0 radical (unpaired) electrons. The highest BCUT2D eigenvalue weighted by molar-refractivity contribution is 5.33. The van der Waals surface area contributed by atoms with Crippen molar-refractivity contribution in [3.8, 4) is 0 Å². The van der Waals surface area contributed by atoms with E-state index in [1.165, 1.54) is 29.5 Å². The lowest BCUT2D eigenvalue weighted by molar-refractivity contribution is 0.682. The molecule has 3 rings (SSSR count). The first kappa shape index (κ1) is 13.4. The van der Waals surface area contributed by atoms with Gasteiger partial charge in [-0.15, -0.1) is 0 Å². The first-order chi connectivity index (χ1) is 9.83. The quantitative estimate of drug-likeness (QED) is 0.772. The van der Waals surface area contributed by atoms with Crippen LogP contribution in [-0.4, -0.2) is 6.54 Å². The van der Waals surface area contributed by atoms with Crippen molar-refractivity contribution < 1.29 is 0 Å². The topological polar surface area (TPSA) is 12.0 Å². The summed E-state index contributed by atoms with van der Waals surface area (Å²) in [6.07, 6.45) is 3.86. The van der Waals surface area contributed by atoms with Crippen LogP contribution < -0.4 is 5.32 Å². The highest BCUT2D eigenvalue weighted by Gasteiger charge is 2.25. The van der Waals surface area contributed by atoms with Crippen molar-refractivity contribution >= 4 is 0 Å². The van der Waals surface area contributed by atoms with Gasteiger partial charge in [0, 0.05) is 6.54 Å². The van der Waals surface area contributed by atoms with E-state index in [1.807, 2.05) is 0 Å². The average molecular weight is 265 g/mol. The molecule has 1 aliphatic carbocycles. The zero-order valence-corrected chi connectivity index (χ0v) is 12.2. The summed E-state index contributed by atoms with van der Waals surface area (Å²) in [6.45, 7) is 4.20. The summed E-state index contributed by atoms with van der Waals surface area (Å²) >= 11 is 0. The fraction of sp³-hybridized carbons (Fsp3) is 0.368. The Morgan fingerprint density at radius 1 is 1.05 bits per heavy atom. The van der Waals surface area contributed by atoms with E-state index < -0.39 is 0 Å². The van der Waals surface area contributed by atoms with Gasteiger partial charge in [0.25, 0.3) is 0 Å². The molecule has 1 heteroatoms. The molecule has 1 fully saturated rings. The van der Waals surface area contributed by atoms with Crippen LogP contribution >= 0.6 is 0 Å². The van der Waals surface area contributed by atoms with Crippen LogP contribution in [0.4, 0.5) is 0 Å². The molecule has 0 aromatic heterocycles. The van der Waals surface area contributed by atoms with Gasteiger partial charge in [0.15, 0.2) is 0 Å². The number of nitrogens with one attached hydrogen (secondary N) is 1. The lowest BCUT2D eigenvalue weighted by atomic mass is 10.0. The molecular weight excluding hydrogens is 242 g/mol. The monoisotopic (exact) mass is 265 g/mol. The number of benzene rings is 2. The van der Waals surface area contributed by atoms with Crippen molar-refractivity contribution in [1.29, 1.82) is 0 Å². The van der Waals surface area contributed by atoms with Crippen LogP contribution in [0.2, 0.25) is 0 Å². The highest BCUT2D eigenvalue weighted by Crippen LogP contribution is 2.41. The number of hydrogen-bond donors (Lipinski definition) is 1. The normalized spacial score (nSPS) is 14.4. The Bertz CT molecular complexity index is 569. The summed E-state index contributed by atoms with van der Waals surface area (Å²) in [5.41, 5.74) is 5.82. The summed E-state index contributed by atoms with van der Waals surface area (Å²) in [5.74, 6) is 0.838. The maximum absolute atomic E-state index is 3.59. The molecule has 0 saturated heterocycles. The first-order valence-corrected chi connectivity index (χ1v) is 7.67. The van der Waals surface area contributed by atoms with Crippen LogP contribution in [0, 0.1) is 6.92 Å². The number of hydrogen-bond acceptors (Lipinski definition) is 1. The minimum absolute atomic E-state index is 0.838. The van der Waals surface area contributed by atoms with Crippen LogP contribution in [0.25, 0.3) is 0 Å². The van der Waals surface area contributed by atoms with Gasteiger partial charge in [0.2, 0.25) is 0 Å². The third-order valence-corrected chi connectivity index (χ3v) is 4.06. The molecule has 1 N–H and O–H groups in total. The molecule has 1 nitrogen and oxygen atoms in total. The van der Waals surface area contributed by atoms with Crippen LogP contribution in [0.1, 0.15) is 41.0 Å². The fourth-order valence-electron chi connectivity index (χ4n) is 2.81. The van der Waals surface area contributed by atoms with E-state index in [0.29, 0.717) is 0 Å². The predicted octanol–water partition coefficient (Wildman–Crippen LogP) is 4.20. The standard InChI is InChI=1S/C19H23N/c1-15-5-4-6-16(13-15)11-12-20-14-18-7-2-3-8-19(18)17-9-10-17/h2-8,13,17,20H,9-12,14H2,1H3. The van der Waals surface area contributed by atoms with Gasteiger partial charge in [-0.1, -0.05) is 54.1 Å². The molecule has 1 saturated carbocycles. The highest BCUT2D eigenvalue weighted by atomic mass is 14.8. The summed E-state index contributed by atoms with van der Waals surface area (Å²) in [6, 6.07) is 17.7. The van der Waals surface area contributed by atoms with Gasteiger partial charge in [-0.3, -0.25) is 0 Å². The second-order valence-electron chi connectivity index (χ2n) is 5.89. The fourth-order valence-corrected chi connectivity index (χ4v) is 2.81. The van der Waals surface area contributed by atoms with Crippen molar-refractivity contribution in [2.24, 2.45) is 0 Å². The van der Waals surface area contributed by atoms with E-state index in [9.17, 15) is 0 Å². The Kier molecular flexibility index (Phi) is 4.17. The Labute approximate surface area is 122 Å². The summed E-state index contributed by atoms with van der Waals surface area (Å²) < 4.78 is 0. The third-order valence-electron chi connectivity index (χ3n) is 4.06. The van der Waals surface area contributed by atoms with Crippen LogP contribution in [0.3, 0.4) is 0 Å². The van der Waals surface area contributed by atoms with Crippen molar-refractivity contribution in [1.82, 2.24) is 5.32 Å². The maximum Gasteiger partial charge on any atom is 0.0208 e. The van der Waals surface area contributed by atoms with Crippen LogP contribution in [0.15, 0.2) is 48.5 Å². The smallest absolute Gasteiger partial charge is 0.0208 e. The lowest BCUT2D eigenvalue weighted by Gasteiger charge is -2.10. The summed E-state index contributed by atoms with van der Waals surface area (Å²) in [5, 5.41) is 3.59. The van der Waals surface area contributed by atoms with E-state index in [4.69, 9.17) is 0 Å². The Hall–Kier alpha value is -1.60. The molecular formula is C19H23N. The van der Waals surface area contributed by atoms with E-state index >= 15 is 0 Å². The van der Waals surface area contributed by atoms with Crippen molar-refractivity contribution in [2.45, 2.75) is 38.6 Å². The van der Waals surface area contributed by atoms with Crippen LogP contribution in [0.5, 0.6) is 0 Å². The van der Waals surface area contributed by atoms with Gasteiger partial charge in [0.1, 0.15) is 0 Å². The number of rotatable bonds is 6. The first-order valence-electron chi connectivity index (χ1n) is 7.67. The molecule has 0 spiro atoms. The summed E-state index contributed by atoms with van der Waals surface area (Å²) in [7, 11) is 0. The Morgan fingerprint density at radius 3 is 2.70 bits per heavy atom. The van der Waals surface area contributed by atoms with Gasteiger partial charge in [-0.2, -0.15) is 0 Å². The van der Waals surface area contributed by atoms with E-state index in [1.54, 1.807) is 5.56 Å². The molecule has 1 aliphatic rings. The molecule has 20 heavy (non-hydrogen) atoms. The SMILES string of the molecule is Cc1cccc(CCNCc2ccccc2C2CC2)c1. The zero-order chi connectivity index (χ0) is 13.8. The maximum atomic E-state index is 3.59. The lowest BCUT2D eigenvalue weighted by Crippen LogP contribution is -2.17. The molecule has 0 bridgehead atoms. The van der Waals surface area contributed by atoms with Gasteiger partial charge in [0.05, 0.1) is 0 Å². The molecule has 0 aliphatic heterocycles. The van der Waals surface area contributed by atoms with E-state index in [0.717, 1.165) is 25.4 Å². The third kappa shape index (κ3) is 3.49. The van der Waals surface area contributed by atoms with Gasteiger partial charge < -0.3 is 5.32 Å². The second-order valence-corrected chi connectivity index (χ2v) is 5.89. The van der Waals surface area contributed by atoms with Crippen molar-refractivity contribution in [2.75, 3.05) is 6.54 Å². The minimum atomic E-state index is 0.838. The summed E-state index contributed by atoms with van der Waals surface area (Å²) in [4.78, 5) is 0. The average Bonchev–Trinajstić information content (AvgIpc) is 3.29. The van der Waals surface area contributed by atoms with Crippen molar-refractivity contribution in [3.63, 3.8) is 0 Å². The van der Waals surface area contributed by atoms with Gasteiger partial charge in [-0.25, -0.2) is 0 Å². The van der Waals surface area contributed by atoms with Gasteiger partial charge in [-0.05, 0) is 55.3 Å². The molecule has 0 heterocycles. The van der Waals surface area contributed by atoms with Gasteiger partial charge >= 0.3 is 0 Å². The molecule has 0 atom stereocenters. The largest absolute Gasteiger partial charge is 0.312 e. The molecule has 104 valence electrons. The second kappa shape index (κ2) is 6.23. The minimum Gasteiger partial charge on any atom is -0.312 e. The Morgan fingerprint density at radius 2 is 1.90 bits per heavy atom. The van der Waals surface area contributed by atoms with Crippen molar-refractivity contribution in [3.05, 3.63) is 70.8 Å². The molecule has 0 unspecified atom stereocenters. The zero-order valence-electron chi connectivity index (χ0n) is 12.2. The Balaban J connectivity index is 1.50. The predicted molar refractivity (Wildman–Crippen MR) is 85.0 cm³/mol. The number of aryl methyl sites for hydroxylation is 1. The van der Waals surface area contributed by atoms with Crippen LogP contribution in [-0.2, 0) is 13.0 Å². The van der Waals surface area contributed by atoms with E-state index in [2.05, 4.69) is 60.8 Å². The molecule has 2 aromatic rings. The van der Waals surface area contributed by atoms with E-state index in [-0.39, 0.29) is 0 Å².